The highest BCUT2D eigenvalue weighted by Crippen LogP contribution is 2.33. The molecule has 0 spiro atoms. The minimum atomic E-state index is 0.519. The number of allylic oxidation sites excluding steroid dienone is 1. The van der Waals surface area contributed by atoms with Crippen molar-refractivity contribution in [1.82, 2.24) is 4.90 Å². The van der Waals surface area contributed by atoms with E-state index in [4.69, 9.17) is 26.1 Å². The number of rotatable bonds is 10. The van der Waals surface area contributed by atoms with Crippen molar-refractivity contribution in [3.05, 3.63) is 75.4 Å². The van der Waals surface area contributed by atoms with Gasteiger partial charge >= 0.3 is 0 Å². The van der Waals surface area contributed by atoms with Gasteiger partial charge in [0.2, 0.25) is 0 Å². The largest absolute Gasteiger partial charge is 0.493 e. The third kappa shape index (κ3) is 8.17. The number of ether oxygens (including phenoxy) is 2. The van der Waals surface area contributed by atoms with Crippen LogP contribution in [0.1, 0.15) is 82.9 Å². The molecule has 1 atom stereocenters. The van der Waals surface area contributed by atoms with Crippen molar-refractivity contribution < 1.29 is 9.47 Å². The van der Waals surface area contributed by atoms with Crippen molar-refractivity contribution in [2.75, 3.05) is 26.9 Å². The number of hydrogen-bond donors (Lipinski definition) is 0. The van der Waals surface area contributed by atoms with Crippen molar-refractivity contribution in [2.24, 2.45) is 4.99 Å². The van der Waals surface area contributed by atoms with Gasteiger partial charge in [-0.2, -0.15) is 0 Å². The highest BCUT2D eigenvalue weighted by Gasteiger charge is 2.28. The quantitative estimate of drug-likeness (QED) is 0.232. The Bertz CT molecular complexity index is 1060. The Morgan fingerprint density at radius 3 is 2.65 bits per heavy atom. The number of aliphatic imine (C=N–C) groups is 1. The van der Waals surface area contributed by atoms with E-state index in [0.29, 0.717) is 12.6 Å². The van der Waals surface area contributed by atoms with Gasteiger partial charge in [0.05, 0.1) is 6.61 Å². The second kappa shape index (κ2) is 15.3. The number of benzene rings is 2. The number of halogens is 1. The first-order valence-electron chi connectivity index (χ1n) is 14.1. The number of methoxy groups -OCH3 is 1. The summed E-state index contributed by atoms with van der Waals surface area (Å²) >= 11 is 6.55. The molecule has 5 heteroatoms. The first kappa shape index (κ1) is 29.4. The maximum atomic E-state index is 6.55. The molecule has 0 aromatic heterocycles. The maximum absolute atomic E-state index is 6.55. The van der Waals surface area contributed by atoms with Crippen LogP contribution in [0.4, 0.5) is 0 Å². The van der Waals surface area contributed by atoms with Crippen LogP contribution in [0.3, 0.4) is 0 Å². The highest BCUT2D eigenvalue weighted by atomic mass is 35.5. The summed E-state index contributed by atoms with van der Waals surface area (Å²) in [5.74, 6) is 0.968. The van der Waals surface area contributed by atoms with Gasteiger partial charge in [-0.15, -0.1) is 0 Å². The Morgan fingerprint density at radius 1 is 1.08 bits per heavy atom. The first-order chi connectivity index (χ1) is 18.1. The number of hydrogen-bond acceptors (Lipinski definition) is 4. The zero-order valence-electron chi connectivity index (χ0n) is 23.5. The normalized spacial score (nSPS) is 18.2. The zero-order chi connectivity index (χ0) is 26.6. The van der Waals surface area contributed by atoms with Gasteiger partial charge < -0.3 is 9.47 Å². The van der Waals surface area contributed by atoms with Crippen LogP contribution in [0.25, 0.3) is 0 Å². The Labute approximate surface area is 229 Å². The molecule has 0 saturated heterocycles. The molecule has 2 aliphatic rings. The van der Waals surface area contributed by atoms with Gasteiger partial charge in [-0.25, -0.2) is 0 Å². The summed E-state index contributed by atoms with van der Waals surface area (Å²) in [4.78, 5) is 7.91. The van der Waals surface area contributed by atoms with Crippen LogP contribution in [0, 0.1) is 0 Å². The molecule has 1 unspecified atom stereocenters. The third-order valence-electron chi connectivity index (χ3n) is 7.21. The van der Waals surface area contributed by atoms with E-state index in [9.17, 15) is 0 Å². The predicted molar refractivity (Wildman–Crippen MR) is 157 cm³/mol. The van der Waals surface area contributed by atoms with E-state index >= 15 is 0 Å². The van der Waals surface area contributed by atoms with Crippen molar-refractivity contribution in [1.29, 1.82) is 0 Å². The molecule has 2 aromatic carbocycles. The summed E-state index contributed by atoms with van der Waals surface area (Å²) in [7, 11) is 1.73. The van der Waals surface area contributed by atoms with E-state index in [2.05, 4.69) is 49.1 Å². The molecular weight excluding hydrogens is 480 g/mol. The summed E-state index contributed by atoms with van der Waals surface area (Å²) in [5, 5.41) is 0.790. The van der Waals surface area contributed by atoms with Crippen LogP contribution < -0.4 is 4.74 Å². The average Bonchev–Trinajstić information content (AvgIpc) is 2.93. The highest BCUT2D eigenvalue weighted by molar-refractivity contribution is 6.34. The lowest BCUT2D eigenvalue weighted by molar-refractivity contribution is 0.161. The molecule has 4 nitrogen and oxygen atoms in total. The monoisotopic (exact) mass is 524 g/mol. The second-order valence-corrected chi connectivity index (χ2v) is 10.2. The topological polar surface area (TPSA) is 34.1 Å². The molecule has 0 radical (unpaired) electrons. The zero-order valence-corrected chi connectivity index (χ0v) is 24.2. The van der Waals surface area contributed by atoms with Crippen LogP contribution in [0.5, 0.6) is 5.75 Å². The molecule has 4 rings (SSSR count). The standard InChI is InChI=1S/C30H39ClN2O2.C2H6/c1-4-8-29(27-9-5-6-10-28(27)31)32-30-20-25(13-11-22(30)2)33-16-15-23-12-14-26(19-24(23)21-33)35-18-7-17-34-3;1-2/h5-6,9-10,12,14,19,25H,4,7-8,11,13,15-18,20-21H2,1-3H3;1-2H3. The smallest absolute Gasteiger partial charge is 0.119 e. The van der Waals surface area contributed by atoms with Gasteiger partial charge in [0.1, 0.15) is 5.75 Å². The van der Waals surface area contributed by atoms with E-state index in [-0.39, 0.29) is 0 Å². The molecule has 0 amide bonds. The summed E-state index contributed by atoms with van der Waals surface area (Å²) in [6.45, 7) is 12.0. The van der Waals surface area contributed by atoms with E-state index in [1.807, 2.05) is 26.0 Å². The van der Waals surface area contributed by atoms with Crippen molar-refractivity contribution >= 4 is 17.3 Å². The third-order valence-corrected chi connectivity index (χ3v) is 7.54. The Morgan fingerprint density at radius 2 is 1.89 bits per heavy atom. The fraction of sp³-hybridized carbons (Fsp3) is 0.531. The first-order valence-corrected chi connectivity index (χ1v) is 14.5. The van der Waals surface area contributed by atoms with Gasteiger partial charge in [0.15, 0.2) is 0 Å². The summed E-state index contributed by atoms with van der Waals surface area (Å²) < 4.78 is 11.1. The molecule has 202 valence electrons. The van der Waals surface area contributed by atoms with Gasteiger partial charge in [-0.1, -0.05) is 68.6 Å². The molecular formula is C32H45ClN2O2. The fourth-order valence-electron chi connectivity index (χ4n) is 5.18. The van der Waals surface area contributed by atoms with Gasteiger partial charge in [-0.05, 0) is 61.9 Å². The maximum Gasteiger partial charge on any atom is 0.119 e. The Balaban J connectivity index is 0.00000186. The summed E-state index contributed by atoms with van der Waals surface area (Å²) in [6, 6.07) is 15.2. The average molecular weight is 525 g/mol. The lowest BCUT2D eigenvalue weighted by atomic mass is 9.89. The molecule has 0 bridgehead atoms. The molecule has 1 heterocycles. The lowest BCUT2D eigenvalue weighted by Crippen LogP contribution is -2.40. The SMILES string of the molecule is CC.CCCC(=NC1=C(C)CCC(N2CCc3ccc(OCCCOC)cc3C2)C1)c1ccccc1Cl. The molecule has 0 saturated carbocycles. The number of fused-ring (bicyclic) bond motifs is 1. The van der Waals surface area contributed by atoms with Crippen molar-refractivity contribution in [3.63, 3.8) is 0 Å². The predicted octanol–water partition coefficient (Wildman–Crippen LogP) is 8.26. The van der Waals surface area contributed by atoms with E-state index < -0.39 is 0 Å². The molecule has 0 N–H and O–H groups in total. The van der Waals surface area contributed by atoms with Gasteiger partial charge in [0, 0.05) is 67.7 Å². The Kier molecular flexibility index (Phi) is 12.2. The van der Waals surface area contributed by atoms with Crippen molar-refractivity contribution in [3.8, 4) is 5.75 Å². The van der Waals surface area contributed by atoms with Crippen LogP contribution in [0.2, 0.25) is 5.02 Å². The summed E-state index contributed by atoms with van der Waals surface area (Å²) in [6.07, 6.45) is 7.31. The van der Waals surface area contributed by atoms with E-state index in [1.165, 1.54) is 28.8 Å². The van der Waals surface area contributed by atoms with Crippen LogP contribution >= 0.6 is 11.6 Å². The Hall–Kier alpha value is -2.14. The van der Waals surface area contributed by atoms with Crippen LogP contribution in [0.15, 0.2) is 58.7 Å². The minimum absolute atomic E-state index is 0.519. The van der Waals surface area contributed by atoms with E-state index in [1.54, 1.807) is 7.11 Å². The van der Waals surface area contributed by atoms with Crippen molar-refractivity contribution in [2.45, 2.75) is 85.2 Å². The summed E-state index contributed by atoms with van der Waals surface area (Å²) in [5.41, 5.74) is 7.72. The minimum Gasteiger partial charge on any atom is -0.493 e. The lowest BCUT2D eigenvalue weighted by Gasteiger charge is -2.38. The molecule has 2 aromatic rings. The van der Waals surface area contributed by atoms with Crippen LogP contribution in [-0.2, 0) is 17.7 Å². The molecule has 37 heavy (non-hydrogen) atoms. The number of nitrogens with zero attached hydrogens (tertiary/aromatic N) is 2. The molecule has 1 aliphatic carbocycles. The van der Waals surface area contributed by atoms with Crippen LogP contribution in [-0.4, -0.2) is 43.5 Å². The van der Waals surface area contributed by atoms with Gasteiger partial charge in [0.25, 0.3) is 0 Å². The molecule has 0 fully saturated rings. The fourth-order valence-corrected chi connectivity index (χ4v) is 5.42. The molecule has 1 aliphatic heterocycles. The van der Waals surface area contributed by atoms with Gasteiger partial charge in [-0.3, -0.25) is 9.89 Å². The van der Waals surface area contributed by atoms with E-state index in [0.717, 1.165) is 80.3 Å². The second-order valence-electron chi connectivity index (χ2n) is 9.76.